The third-order valence-electron chi connectivity index (χ3n) is 6.78. The summed E-state index contributed by atoms with van der Waals surface area (Å²) in [4.78, 5) is 17.6. The Labute approximate surface area is 231 Å². The zero-order chi connectivity index (χ0) is 28.6. The number of nitrogens with zero attached hydrogens (tertiary/aromatic N) is 4. The summed E-state index contributed by atoms with van der Waals surface area (Å²) in [5, 5.41) is 7.30. The van der Waals surface area contributed by atoms with Crippen LogP contribution in [0.2, 0.25) is 0 Å². The molecule has 0 saturated carbocycles. The van der Waals surface area contributed by atoms with E-state index in [0.29, 0.717) is 49.0 Å². The van der Waals surface area contributed by atoms with Crippen molar-refractivity contribution in [2.24, 2.45) is 11.7 Å². The van der Waals surface area contributed by atoms with Crippen molar-refractivity contribution in [2.75, 3.05) is 23.4 Å². The molecular weight excluding hydrogens is 514 g/mol. The summed E-state index contributed by atoms with van der Waals surface area (Å²) in [5.41, 5.74) is 10.5. The molecule has 8 nitrogen and oxygen atoms in total. The molecule has 0 spiro atoms. The lowest BCUT2D eigenvalue weighted by Crippen LogP contribution is -2.31. The SMILES string of the molecule is Cc1cnc(N2CCc3nn(-c4c(C)cccc4OCC(C)C)c(-c4ccc(NC(N)=O)c(F)c4)c3C2)c(F)c1. The van der Waals surface area contributed by atoms with E-state index in [4.69, 9.17) is 15.6 Å². The second-order valence-corrected chi connectivity index (χ2v) is 10.5. The number of ether oxygens (including phenoxy) is 1. The summed E-state index contributed by atoms with van der Waals surface area (Å²) in [6.45, 7) is 9.28. The monoisotopic (exact) mass is 546 g/mol. The minimum Gasteiger partial charge on any atom is -0.491 e. The zero-order valence-electron chi connectivity index (χ0n) is 23.0. The van der Waals surface area contributed by atoms with Gasteiger partial charge in [0.2, 0.25) is 0 Å². The second-order valence-electron chi connectivity index (χ2n) is 10.5. The van der Waals surface area contributed by atoms with Gasteiger partial charge in [0.25, 0.3) is 0 Å². The average molecular weight is 547 g/mol. The summed E-state index contributed by atoms with van der Waals surface area (Å²) < 4.78 is 38.1. The number of benzene rings is 2. The molecule has 0 saturated heterocycles. The molecule has 3 N–H and O–H groups in total. The van der Waals surface area contributed by atoms with E-state index in [0.717, 1.165) is 28.1 Å². The summed E-state index contributed by atoms with van der Waals surface area (Å²) in [7, 11) is 0. The van der Waals surface area contributed by atoms with Crippen molar-refractivity contribution < 1.29 is 18.3 Å². The summed E-state index contributed by atoms with van der Waals surface area (Å²) >= 11 is 0. The number of carbonyl (C=O) groups is 1. The van der Waals surface area contributed by atoms with Gasteiger partial charge in [-0.05, 0) is 55.2 Å². The molecule has 2 aromatic heterocycles. The number of carbonyl (C=O) groups excluding carboxylic acids is 1. The Kier molecular flexibility index (Phi) is 7.42. The number of para-hydroxylation sites is 1. The van der Waals surface area contributed by atoms with Gasteiger partial charge in [0.15, 0.2) is 11.6 Å². The number of aryl methyl sites for hydroxylation is 2. The first-order valence-electron chi connectivity index (χ1n) is 13.2. The Morgan fingerprint density at radius 1 is 1.15 bits per heavy atom. The fourth-order valence-electron chi connectivity index (χ4n) is 4.94. The van der Waals surface area contributed by atoms with Crippen molar-refractivity contribution in [3.63, 3.8) is 0 Å². The van der Waals surface area contributed by atoms with Gasteiger partial charge >= 0.3 is 6.03 Å². The fraction of sp³-hybridized carbons (Fsp3) is 0.300. The van der Waals surface area contributed by atoms with Crippen LogP contribution in [0.5, 0.6) is 5.75 Å². The van der Waals surface area contributed by atoms with Crippen LogP contribution >= 0.6 is 0 Å². The van der Waals surface area contributed by atoms with Gasteiger partial charge in [0, 0.05) is 36.8 Å². The number of urea groups is 1. The minimum atomic E-state index is -0.857. The maximum absolute atomic E-state index is 15.2. The lowest BCUT2D eigenvalue weighted by molar-refractivity contribution is 0.259. The van der Waals surface area contributed by atoms with Crippen molar-refractivity contribution in [1.82, 2.24) is 14.8 Å². The van der Waals surface area contributed by atoms with Crippen molar-refractivity contribution in [3.8, 4) is 22.7 Å². The highest BCUT2D eigenvalue weighted by molar-refractivity contribution is 5.88. The molecule has 40 heavy (non-hydrogen) atoms. The van der Waals surface area contributed by atoms with Crippen LogP contribution in [-0.2, 0) is 13.0 Å². The fourth-order valence-corrected chi connectivity index (χ4v) is 4.94. The molecule has 1 aliphatic rings. The lowest BCUT2D eigenvalue weighted by atomic mass is 10.00. The molecule has 208 valence electrons. The smallest absolute Gasteiger partial charge is 0.316 e. The van der Waals surface area contributed by atoms with Crippen LogP contribution < -0.4 is 20.7 Å². The van der Waals surface area contributed by atoms with E-state index in [1.54, 1.807) is 23.9 Å². The molecule has 0 bridgehead atoms. The van der Waals surface area contributed by atoms with Crippen molar-refractivity contribution in [2.45, 2.75) is 40.7 Å². The molecule has 0 unspecified atom stereocenters. The molecule has 5 rings (SSSR count). The standard InChI is InChI=1S/C30H32F2N6O2/c1-17(2)16-40-26-7-5-6-19(4)27(26)38-28(20-8-9-25(22(31)13-20)35-30(33)39)21-15-37(11-10-24(21)36-38)29-23(32)12-18(3)14-34-29/h5-9,12-14,17H,10-11,15-16H2,1-4H3,(H3,33,35,39). The number of rotatable bonds is 7. The molecule has 3 heterocycles. The Balaban J connectivity index is 1.68. The number of pyridine rings is 1. The summed E-state index contributed by atoms with van der Waals surface area (Å²) in [6, 6.07) is 10.9. The van der Waals surface area contributed by atoms with Gasteiger partial charge in [-0.3, -0.25) is 0 Å². The number of fused-ring (bicyclic) bond motifs is 1. The number of halogens is 2. The number of aromatic nitrogens is 3. The molecular formula is C30H32F2N6O2. The minimum absolute atomic E-state index is 0.0272. The number of primary amides is 1. The average Bonchev–Trinajstić information content (AvgIpc) is 3.26. The molecule has 10 heteroatoms. The first-order chi connectivity index (χ1) is 19.1. The van der Waals surface area contributed by atoms with Crippen LogP contribution in [0.4, 0.5) is 25.1 Å². The number of amides is 2. The molecule has 2 aromatic carbocycles. The quantitative estimate of drug-likeness (QED) is 0.300. The van der Waals surface area contributed by atoms with E-state index in [1.807, 2.05) is 30.0 Å². The van der Waals surface area contributed by atoms with Gasteiger partial charge < -0.3 is 20.7 Å². The maximum atomic E-state index is 15.2. The van der Waals surface area contributed by atoms with Gasteiger partial charge in [0.05, 0.1) is 23.7 Å². The largest absolute Gasteiger partial charge is 0.491 e. The van der Waals surface area contributed by atoms with E-state index >= 15 is 4.39 Å². The lowest BCUT2D eigenvalue weighted by Gasteiger charge is -2.28. The topological polar surface area (TPSA) is 98.3 Å². The molecule has 2 amide bonds. The number of hydrogen-bond donors (Lipinski definition) is 2. The molecule has 0 radical (unpaired) electrons. The molecule has 4 aromatic rings. The van der Waals surface area contributed by atoms with Crippen molar-refractivity contribution >= 4 is 17.5 Å². The molecule has 0 atom stereocenters. The van der Waals surface area contributed by atoms with E-state index in [2.05, 4.69) is 24.1 Å². The normalized spacial score (nSPS) is 12.9. The van der Waals surface area contributed by atoms with E-state index in [9.17, 15) is 9.18 Å². The Morgan fingerprint density at radius 3 is 2.65 bits per heavy atom. The predicted octanol–water partition coefficient (Wildman–Crippen LogP) is 5.92. The molecule has 1 aliphatic heterocycles. The van der Waals surface area contributed by atoms with E-state index in [-0.39, 0.29) is 11.5 Å². The van der Waals surface area contributed by atoms with E-state index < -0.39 is 17.7 Å². The predicted molar refractivity (Wildman–Crippen MR) is 151 cm³/mol. The first-order valence-corrected chi connectivity index (χ1v) is 13.2. The number of hydrogen-bond acceptors (Lipinski definition) is 5. The van der Waals surface area contributed by atoms with Gasteiger partial charge in [-0.2, -0.15) is 5.10 Å². The van der Waals surface area contributed by atoms with Crippen LogP contribution in [-0.4, -0.2) is 33.9 Å². The van der Waals surface area contributed by atoms with Crippen LogP contribution in [0.25, 0.3) is 16.9 Å². The zero-order valence-corrected chi connectivity index (χ0v) is 23.0. The second kappa shape index (κ2) is 11.0. The van der Waals surface area contributed by atoms with Crippen LogP contribution in [0.1, 0.15) is 36.2 Å². The van der Waals surface area contributed by atoms with Crippen LogP contribution in [0.15, 0.2) is 48.7 Å². The number of nitrogens with two attached hydrogens (primary N) is 1. The van der Waals surface area contributed by atoms with Crippen LogP contribution in [0.3, 0.4) is 0 Å². The Bertz CT molecular complexity index is 1580. The van der Waals surface area contributed by atoms with Crippen molar-refractivity contribution in [3.05, 3.63) is 82.7 Å². The summed E-state index contributed by atoms with van der Waals surface area (Å²) in [6.07, 6.45) is 2.19. The number of nitrogens with one attached hydrogen (secondary N) is 1. The van der Waals surface area contributed by atoms with Gasteiger partial charge in [-0.15, -0.1) is 0 Å². The highest BCUT2D eigenvalue weighted by atomic mass is 19.1. The Morgan fingerprint density at radius 2 is 1.95 bits per heavy atom. The maximum Gasteiger partial charge on any atom is 0.316 e. The first kappa shape index (κ1) is 27.1. The summed E-state index contributed by atoms with van der Waals surface area (Å²) in [5.74, 6) is 0.194. The molecule has 0 fully saturated rings. The van der Waals surface area contributed by atoms with Gasteiger partial charge in [0.1, 0.15) is 17.3 Å². The van der Waals surface area contributed by atoms with Gasteiger partial charge in [-0.1, -0.05) is 32.0 Å². The highest BCUT2D eigenvalue weighted by Crippen LogP contribution is 2.38. The Hall–Kier alpha value is -4.47. The third kappa shape index (κ3) is 5.34. The van der Waals surface area contributed by atoms with Crippen LogP contribution in [0, 0.1) is 31.4 Å². The van der Waals surface area contributed by atoms with Gasteiger partial charge in [-0.25, -0.2) is 23.2 Å². The third-order valence-corrected chi connectivity index (χ3v) is 6.78. The highest BCUT2D eigenvalue weighted by Gasteiger charge is 2.30. The van der Waals surface area contributed by atoms with Crippen molar-refractivity contribution in [1.29, 1.82) is 0 Å². The number of anilines is 2. The van der Waals surface area contributed by atoms with E-state index in [1.165, 1.54) is 18.2 Å². The molecule has 0 aliphatic carbocycles.